The van der Waals surface area contributed by atoms with Gasteiger partial charge in [0.15, 0.2) is 0 Å². The molecule has 0 atom stereocenters. The van der Waals surface area contributed by atoms with Crippen molar-refractivity contribution in [1.82, 2.24) is 19.9 Å². The Labute approximate surface area is 149 Å². The van der Waals surface area contributed by atoms with E-state index in [9.17, 15) is 0 Å². The Morgan fingerprint density at radius 1 is 1.20 bits per heavy atom. The number of anilines is 2. The van der Waals surface area contributed by atoms with Crippen LogP contribution in [0.4, 0.5) is 11.6 Å². The first-order valence-electron chi connectivity index (χ1n) is 8.61. The molecule has 0 aliphatic carbocycles. The van der Waals surface area contributed by atoms with Crippen LogP contribution in [0, 0.1) is 0 Å². The molecular weight excluding hydrogens is 316 g/mol. The zero-order chi connectivity index (χ0) is 17.6. The third-order valence-corrected chi connectivity index (χ3v) is 4.46. The van der Waals surface area contributed by atoms with Gasteiger partial charge in [-0.25, -0.2) is 15.0 Å². The van der Waals surface area contributed by atoms with Crippen molar-refractivity contribution in [3.8, 4) is 5.88 Å². The summed E-state index contributed by atoms with van der Waals surface area (Å²) < 4.78 is 5.11. The minimum Gasteiger partial charge on any atom is -0.481 e. The van der Waals surface area contributed by atoms with Crippen LogP contribution in [0.25, 0.3) is 0 Å². The monoisotopic (exact) mass is 342 g/mol. The van der Waals surface area contributed by atoms with Crippen LogP contribution >= 0.6 is 0 Å². The molecule has 0 spiro atoms. The van der Waals surface area contributed by atoms with Crippen molar-refractivity contribution in [2.75, 3.05) is 44.5 Å². The van der Waals surface area contributed by atoms with E-state index >= 15 is 0 Å². The Balaban J connectivity index is 1.49. The van der Waals surface area contributed by atoms with E-state index in [1.54, 1.807) is 13.4 Å². The van der Waals surface area contributed by atoms with Crippen LogP contribution in [0.1, 0.15) is 18.4 Å². The Hall–Kier alpha value is -2.41. The summed E-state index contributed by atoms with van der Waals surface area (Å²) in [6.07, 6.45) is 5.71. The van der Waals surface area contributed by atoms with Gasteiger partial charge in [0.25, 0.3) is 0 Å². The standard InChI is InChI=1S/C18H26N6O/c1-23(2)17-10-16(20-13-21-17)22-15-6-8-24(9-7-15)12-14-4-5-18(25-3)19-11-14/h4-5,10-11,13,15H,6-9,12H2,1-3H3,(H,20,21,22). The first-order chi connectivity index (χ1) is 12.1. The van der Waals surface area contributed by atoms with Gasteiger partial charge in [0.2, 0.25) is 5.88 Å². The van der Waals surface area contributed by atoms with E-state index in [-0.39, 0.29) is 0 Å². The number of pyridine rings is 1. The lowest BCUT2D eigenvalue weighted by Gasteiger charge is -2.32. The molecule has 1 saturated heterocycles. The summed E-state index contributed by atoms with van der Waals surface area (Å²) in [5, 5.41) is 3.54. The molecule has 7 heteroatoms. The Morgan fingerprint density at radius 2 is 2.00 bits per heavy atom. The lowest BCUT2D eigenvalue weighted by Crippen LogP contribution is -2.38. The van der Waals surface area contributed by atoms with Crippen molar-refractivity contribution in [3.05, 3.63) is 36.3 Å². The minimum absolute atomic E-state index is 0.454. The molecule has 3 rings (SSSR count). The van der Waals surface area contributed by atoms with Gasteiger partial charge in [0, 0.05) is 58.1 Å². The highest BCUT2D eigenvalue weighted by atomic mass is 16.5. The fraction of sp³-hybridized carbons (Fsp3) is 0.500. The SMILES string of the molecule is COc1ccc(CN2CCC(Nc3cc(N(C)C)ncn3)CC2)cn1. The van der Waals surface area contributed by atoms with Crippen molar-refractivity contribution < 1.29 is 4.74 Å². The summed E-state index contributed by atoms with van der Waals surface area (Å²) >= 11 is 0. The molecule has 0 bridgehead atoms. The van der Waals surface area contributed by atoms with Gasteiger partial charge in [0.05, 0.1) is 7.11 Å². The van der Waals surface area contributed by atoms with E-state index < -0.39 is 0 Å². The van der Waals surface area contributed by atoms with Crippen LogP contribution in [0.3, 0.4) is 0 Å². The summed E-state index contributed by atoms with van der Waals surface area (Å²) in [5.41, 5.74) is 1.22. The minimum atomic E-state index is 0.454. The zero-order valence-electron chi connectivity index (χ0n) is 15.1. The summed E-state index contributed by atoms with van der Waals surface area (Å²) in [6, 6.07) is 6.45. The van der Waals surface area contributed by atoms with Gasteiger partial charge >= 0.3 is 0 Å². The highest BCUT2D eigenvalue weighted by Gasteiger charge is 2.19. The van der Waals surface area contributed by atoms with Gasteiger partial charge in [0.1, 0.15) is 18.0 Å². The Morgan fingerprint density at radius 3 is 2.64 bits per heavy atom. The first-order valence-corrected chi connectivity index (χ1v) is 8.61. The molecular formula is C18H26N6O. The van der Waals surface area contributed by atoms with E-state index in [4.69, 9.17) is 4.74 Å². The Bertz CT molecular complexity index is 668. The summed E-state index contributed by atoms with van der Waals surface area (Å²) in [4.78, 5) is 17.3. The molecule has 3 heterocycles. The molecule has 134 valence electrons. The first kappa shape index (κ1) is 17.4. The van der Waals surface area contributed by atoms with Crippen molar-refractivity contribution in [2.45, 2.75) is 25.4 Å². The largest absolute Gasteiger partial charge is 0.481 e. The normalized spacial score (nSPS) is 15.8. The lowest BCUT2D eigenvalue weighted by molar-refractivity contribution is 0.211. The molecule has 0 radical (unpaired) electrons. The molecule has 1 aliphatic heterocycles. The summed E-state index contributed by atoms with van der Waals surface area (Å²) in [5.74, 6) is 2.48. The number of nitrogens with zero attached hydrogens (tertiary/aromatic N) is 5. The lowest BCUT2D eigenvalue weighted by atomic mass is 10.0. The van der Waals surface area contributed by atoms with Gasteiger partial charge < -0.3 is 15.0 Å². The quantitative estimate of drug-likeness (QED) is 0.861. The number of hydrogen-bond acceptors (Lipinski definition) is 7. The maximum atomic E-state index is 5.11. The van der Waals surface area contributed by atoms with E-state index in [1.807, 2.05) is 37.3 Å². The predicted octanol–water partition coefficient (Wildman–Crippen LogP) is 2.02. The van der Waals surface area contributed by atoms with Crippen molar-refractivity contribution in [1.29, 1.82) is 0 Å². The molecule has 0 saturated carbocycles. The molecule has 0 unspecified atom stereocenters. The number of ether oxygens (including phenoxy) is 1. The highest BCUT2D eigenvalue weighted by molar-refractivity contribution is 5.47. The predicted molar refractivity (Wildman–Crippen MR) is 99.1 cm³/mol. The van der Waals surface area contributed by atoms with Crippen LogP contribution < -0.4 is 15.0 Å². The topological polar surface area (TPSA) is 66.4 Å². The van der Waals surface area contributed by atoms with Crippen LogP contribution in [-0.4, -0.2) is 60.2 Å². The molecule has 1 N–H and O–H groups in total. The second kappa shape index (κ2) is 8.11. The molecule has 2 aromatic heterocycles. The van der Waals surface area contributed by atoms with E-state index in [0.717, 1.165) is 44.1 Å². The van der Waals surface area contributed by atoms with E-state index in [0.29, 0.717) is 11.9 Å². The third-order valence-electron chi connectivity index (χ3n) is 4.46. The molecule has 2 aromatic rings. The average Bonchev–Trinajstić information content (AvgIpc) is 2.64. The third kappa shape index (κ3) is 4.79. The second-order valence-corrected chi connectivity index (χ2v) is 6.56. The van der Waals surface area contributed by atoms with Crippen molar-refractivity contribution in [2.24, 2.45) is 0 Å². The number of likely N-dealkylation sites (tertiary alicyclic amines) is 1. The van der Waals surface area contributed by atoms with Crippen LogP contribution in [0.5, 0.6) is 5.88 Å². The number of rotatable bonds is 6. The highest BCUT2D eigenvalue weighted by Crippen LogP contribution is 2.19. The smallest absolute Gasteiger partial charge is 0.212 e. The molecule has 0 aromatic carbocycles. The number of hydrogen-bond donors (Lipinski definition) is 1. The second-order valence-electron chi connectivity index (χ2n) is 6.56. The van der Waals surface area contributed by atoms with Crippen LogP contribution in [0.15, 0.2) is 30.7 Å². The van der Waals surface area contributed by atoms with Gasteiger partial charge in [-0.1, -0.05) is 6.07 Å². The molecule has 0 amide bonds. The van der Waals surface area contributed by atoms with Gasteiger partial charge in [-0.05, 0) is 18.4 Å². The summed E-state index contributed by atoms with van der Waals surface area (Å²) in [7, 11) is 5.61. The van der Waals surface area contributed by atoms with E-state index in [2.05, 4.69) is 31.2 Å². The number of piperidine rings is 1. The molecule has 25 heavy (non-hydrogen) atoms. The van der Waals surface area contributed by atoms with Gasteiger partial charge in [-0.15, -0.1) is 0 Å². The fourth-order valence-electron chi connectivity index (χ4n) is 3.00. The zero-order valence-corrected chi connectivity index (χ0v) is 15.1. The number of nitrogens with one attached hydrogen (secondary N) is 1. The van der Waals surface area contributed by atoms with Crippen molar-refractivity contribution in [3.63, 3.8) is 0 Å². The number of methoxy groups -OCH3 is 1. The summed E-state index contributed by atoms with van der Waals surface area (Å²) in [6.45, 7) is 3.06. The van der Waals surface area contributed by atoms with Crippen LogP contribution in [-0.2, 0) is 6.54 Å². The van der Waals surface area contributed by atoms with Gasteiger partial charge in [-0.2, -0.15) is 0 Å². The molecule has 7 nitrogen and oxygen atoms in total. The molecule has 1 aliphatic rings. The molecule has 1 fully saturated rings. The Kier molecular flexibility index (Phi) is 5.65. The fourth-order valence-corrected chi connectivity index (χ4v) is 3.00. The average molecular weight is 342 g/mol. The van der Waals surface area contributed by atoms with E-state index in [1.165, 1.54) is 5.56 Å². The van der Waals surface area contributed by atoms with Gasteiger partial charge in [-0.3, -0.25) is 4.90 Å². The van der Waals surface area contributed by atoms with Crippen molar-refractivity contribution >= 4 is 11.6 Å². The maximum absolute atomic E-state index is 5.11. The van der Waals surface area contributed by atoms with Crippen LogP contribution in [0.2, 0.25) is 0 Å². The maximum Gasteiger partial charge on any atom is 0.212 e. The number of aromatic nitrogens is 3.